The fraction of sp³-hybridized carbons (Fsp3) is 0.455. The molecular formula is C33H42N2O4. The van der Waals surface area contributed by atoms with Crippen LogP contribution in [0.4, 0.5) is 5.69 Å². The number of nitrogens with two attached hydrogens (primary N) is 1. The van der Waals surface area contributed by atoms with Crippen molar-refractivity contribution in [2.45, 2.75) is 69.2 Å². The summed E-state index contributed by atoms with van der Waals surface area (Å²) in [6.45, 7) is 1.45. The highest BCUT2D eigenvalue weighted by Crippen LogP contribution is 2.42. The van der Waals surface area contributed by atoms with Gasteiger partial charge in [-0.2, -0.15) is 0 Å². The molecule has 1 saturated carbocycles. The van der Waals surface area contributed by atoms with Crippen LogP contribution in [0.1, 0.15) is 66.7 Å². The molecule has 5 rings (SSSR count). The molecule has 0 aromatic heterocycles. The van der Waals surface area contributed by atoms with Crippen molar-refractivity contribution in [2.24, 2.45) is 5.73 Å². The fourth-order valence-corrected chi connectivity index (χ4v) is 6.11. The number of aromatic hydroxyl groups is 1. The van der Waals surface area contributed by atoms with Crippen LogP contribution >= 0.6 is 0 Å². The largest absolute Gasteiger partial charge is 0.508 e. The van der Waals surface area contributed by atoms with E-state index < -0.39 is 0 Å². The lowest BCUT2D eigenvalue weighted by molar-refractivity contribution is 0.220. The quantitative estimate of drug-likeness (QED) is 0.250. The van der Waals surface area contributed by atoms with Crippen LogP contribution in [0.3, 0.4) is 0 Å². The molecule has 0 unspecified atom stereocenters. The first-order chi connectivity index (χ1) is 19.0. The molecule has 0 radical (unpaired) electrons. The van der Waals surface area contributed by atoms with E-state index in [2.05, 4.69) is 47.8 Å². The molecule has 0 amide bonds. The molecule has 208 valence electrons. The van der Waals surface area contributed by atoms with E-state index in [0.717, 1.165) is 74.4 Å². The van der Waals surface area contributed by atoms with Crippen LogP contribution in [0.15, 0.2) is 54.6 Å². The highest BCUT2D eigenvalue weighted by atomic mass is 16.5. The second kappa shape index (κ2) is 12.2. The van der Waals surface area contributed by atoms with E-state index in [9.17, 15) is 5.11 Å². The number of aryl methyl sites for hydroxylation is 2. The van der Waals surface area contributed by atoms with Crippen LogP contribution in [-0.2, 0) is 19.3 Å². The van der Waals surface area contributed by atoms with Crippen LogP contribution in [0.2, 0.25) is 0 Å². The van der Waals surface area contributed by atoms with Gasteiger partial charge in [0.1, 0.15) is 18.1 Å². The van der Waals surface area contributed by atoms with Crippen molar-refractivity contribution in [1.29, 1.82) is 0 Å². The number of benzene rings is 3. The Morgan fingerprint density at radius 1 is 0.949 bits per heavy atom. The molecule has 0 bridgehead atoms. The molecule has 6 nitrogen and oxygen atoms in total. The Bertz CT molecular complexity index is 1250. The molecule has 3 aromatic carbocycles. The fourth-order valence-electron chi connectivity index (χ4n) is 6.11. The van der Waals surface area contributed by atoms with E-state index in [1.54, 1.807) is 20.3 Å². The molecule has 2 aliphatic carbocycles. The monoisotopic (exact) mass is 530 g/mol. The minimum Gasteiger partial charge on any atom is -0.508 e. The summed E-state index contributed by atoms with van der Waals surface area (Å²) < 4.78 is 17.3. The summed E-state index contributed by atoms with van der Waals surface area (Å²) in [5.74, 6) is 3.10. The third-order valence-corrected chi connectivity index (χ3v) is 8.42. The molecule has 2 aliphatic rings. The maximum absolute atomic E-state index is 9.88. The predicted octanol–water partition coefficient (Wildman–Crippen LogP) is 6.38. The Morgan fingerprint density at radius 3 is 2.44 bits per heavy atom. The van der Waals surface area contributed by atoms with Gasteiger partial charge in [-0.05, 0) is 103 Å². The van der Waals surface area contributed by atoms with Crippen molar-refractivity contribution >= 4 is 5.69 Å². The predicted molar refractivity (Wildman–Crippen MR) is 157 cm³/mol. The van der Waals surface area contributed by atoms with E-state index in [4.69, 9.17) is 19.9 Å². The molecular weight excluding hydrogens is 488 g/mol. The Hall–Kier alpha value is -3.38. The molecule has 1 fully saturated rings. The van der Waals surface area contributed by atoms with Crippen LogP contribution < -0.4 is 25.3 Å². The van der Waals surface area contributed by atoms with Gasteiger partial charge in [-0.25, -0.2) is 0 Å². The summed E-state index contributed by atoms with van der Waals surface area (Å²) >= 11 is 0. The summed E-state index contributed by atoms with van der Waals surface area (Å²) in [6, 6.07) is 18.4. The zero-order valence-corrected chi connectivity index (χ0v) is 23.3. The first-order valence-corrected chi connectivity index (χ1v) is 14.3. The van der Waals surface area contributed by atoms with Crippen molar-refractivity contribution in [3.05, 3.63) is 76.9 Å². The van der Waals surface area contributed by atoms with Gasteiger partial charge in [0.15, 0.2) is 11.5 Å². The lowest BCUT2D eigenvalue weighted by Crippen LogP contribution is -2.42. The topological polar surface area (TPSA) is 86.0 Å². The van der Waals surface area contributed by atoms with Gasteiger partial charge in [0, 0.05) is 18.3 Å². The first-order valence-electron chi connectivity index (χ1n) is 14.3. The number of anilines is 1. The highest BCUT2D eigenvalue weighted by molar-refractivity contribution is 5.62. The minimum atomic E-state index is -0.155. The average molecular weight is 531 g/mol. The summed E-state index contributed by atoms with van der Waals surface area (Å²) in [6.07, 6.45) is 9.43. The second-order valence-corrected chi connectivity index (χ2v) is 11.2. The van der Waals surface area contributed by atoms with Gasteiger partial charge in [0.25, 0.3) is 0 Å². The number of hydrogen-bond donors (Lipinski definition) is 3. The summed E-state index contributed by atoms with van der Waals surface area (Å²) in [4.78, 5) is 0. The Balaban J connectivity index is 1.20. The number of hydrogen-bond acceptors (Lipinski definition) is 6. The minimum absolute atomic E-state index is 0.155. The van der Waals surface area contributed by atoms with Crippen molar-refractivity contribution in [3.63, 3.8) is 0 Å². The van der Waals surface area contributed by atoms with Gasteiger partial charge in [0.2, 0.25) is 0 Å². The van der Waals surface area contributed by atoms with E-state index in [0.29, 0.717) is 18.3 Å². The van der Waals surface area contributed by atoms with Crippen molar-refractivity contribution < 1.29 is 19.3 Å². The molecule has 0 saturated heterocycles. The number of nitrogens with one attached hydrogen (secondary N) is 1. The SMILES string of the molecule is COc1cc(NCCCc2ccc(OCC3(N)CCCC3)cc2)c([C@@H]2CCc3cc(O)ccc3C2)cc1OC. The van der Waals surface area contributed by atoms with Gasteiger partial charge in [-0.15, -0.1) is 0 Å². The molecule has 39 heavy (non-hydrogen) atoms. The van der Waals surface area contributed by atoms with Crippen LogP contribution in [-0.4, -0.2) is 38.0 Å². The van der Waals surface area contributed by atoms with Crippen molar-refractivity contribution in [1.82, 2.24) is 0 Å². The number of phenolic OH excluding ortho intramolecular Hbond substituents is 1. The van der Waals surface area contributed by atoms with E-state index >= 15 is 0 Å². The van der Waals surface area contributed by atoms with Gasteiger partial charge < -0.3 is 30.4 Å². The number of methoxy groups -OCH3 is 2. The standard InChI is InChI=1S/C33H42N2O4/c1-37-31-20-29(26-10-9-25-19-27(36)12-11-24(25)18-26)30(21-32(31)38-2)35-17-5-6-23-7-13-28(14-8-23)39-22-33(34)15-3-4-16-33/h7-8,11-14,19-21,26,35-36H,3-6,9-10,15-18,22,34H2,1-2H3/t26-/m1/s1. The molecule has 0 aliphatic heterocycles. The molecule has 4 N–H and O–H groups in total. The molecule has 6 heteroatoms. The Labute approximate surface area is 232 Å². The van der Waals surface area contributed by atoms with Gasteiger partial charge in [0.05, 0.1) is 19.8 Å². The Kier molecular flexibility index (Phi) is 8.51. The van der Waals surface area contributed by atoms with Crippen LogP contribution in [0, 0.1) is 0 Å². The third kappa shape index (κ3) is 6.62. The Morgan fingerprint density at radius 2 is 1.69 bits per heavy atom. The molecule has 0 spiro atoms. The van der Waals surface area contributed by atoms with Crippen LogP contribution in [0.25, 0.3) is 0 Å². The van der Waals surface area contributed by atoms with Gasteiger partial charge >= 0.3 is 0 Å². The van der Waals surface area contributed by atoms with Crippen molar-refractivity contribution in [2.75, 3.05) is 32.7 Å². The van der Waals surface area contributed by atoms with Crippen molar-refractivity contribution in [3.8, 4) is 23.0 Å². The number of rotatable bonds is 11. The van der Waals surface area contributed by atoms with Gasteiger partial charge in [-0.3, -0.25) is 0 Å². The molecule has 3 aromatic rings. The maximum atomic E-state index is 9.88. The zero-order chi connectivity index (χ0) is 27.2. The average Bonchev–Trinajstić information content (AvgIpc) is 3.40. The number of ether oxygens (including phenoxy) is 3. The summed E-state index contributed by atoms with van der Waals surface area (Å²) in [5.41, 5.74) is 12.5. The first kappa shape index (κ1) is 27.2. The summed E-state index contributed by atoms with van der Waals surface area (Å²) in [5, 5.41) is 13.6. The maximum Gasteiger partial charge on any atom is 0.162 e. The third-order valence-electron chi connectivity index (χ3n) is 8.42. The molecule has 1 atom stereocenters. The zero-order valence-electron chi connectivity index (χ0n) is 23.3. The lowest BCUT2D eigenvalue weighted by Gasteiger charge is -2.28. The lowest BCUT2D eigenvalue weighted by atomic mass is 9.79. The van der Waals surface area contributed by atoms with Crippen LogP contribution in [0.5, 0.6) is 23.0 Å². The second-order valence-electron chi connectivity index (χ2n) is 11.2. The van der Waals surface area contributed by atoms with E-state index in [1.165, 1.54) is 35.1 Å². The smallest absolute Gasteiger partial charge is 0.162 e. The number of phenols is 1. The number of fused-ring (bicyclic) bond motifs is 1. The molecule has 0 heterocycles. The van der Waals surface area contributed by atoms with Gasteiger partial charge in [-0.1, -0.05) is 31.0 Å². The summed E-state index contributed by atoms with van der Waals surface area (Å²) in [7, 11) is 3.37. The highest BCUT2D eigenvalue weighted by Gasteiger charge is 2.30. The van der Waals surface area contributed by atoms with E-state index in [1.807, 2.05) is 6.07 Å². The normalized spacial score (nSPS) is 17.9. The van der Waals surface area contributed by atoms with E-state index in [-0.39, 0.29) is 5.54 Å².